The van der Waals surface area contributed by atoms with Gasteiger partial charge in [-0.1, -0.05) is 12.1 Å². The molecule has 0 radical (unpaired) electrons. The largest absolute Gasteiger partial charge is 0.490 e. The molecule has 0 aromatic heterocycles. The topological polar surface area (TPSA) is 54.0 Å². The van der Waals surface area contributed by atoms with Gasteiger partial charge in [0.05, 0.1) is 6.61 Å². The van der Waals surface area contributed by atoms with Crippen molar-refractivity contribution in [1.29, 1.82) is 0 Å². The summed E-state index contributed by atoms with van der Waals surface area (Å²) < 4.78 is 11.1. The molecule has 3 rings (SSSR count). The number of nitrogens with zero attached hydrogens (tertiary/aromatic N) is 2. The zero-order valence-corrected chi connectivity index (χ0v) is 16.0. The van der Waals surface area contributed by atoms with Crippen molar-refractivity contribution >= 4 is 17.3 Å². The molecule has 0 bridgehead atoms. The van der Waals surface area contributed by atoms with Crippen LogP contribution in [0.1, 0.15) is 6.92 Å². The van der Waals surface area contributed by atoms with Gasteiger partial charge in [0.15, 0.2) is 18.1 Å². The molecule has 0 spiro atoms. The van der Waals surface area contributed by atoms with Crippen LogP contribution in [0.15, 0.2) is 48.5 Å². The van der Waals surface area contributed by atoms with Gasteiger partial charge in [-0.05, 0) is 50.4 Å². The van der Waals surface area contributed by atoms with Crippen LogP contribution in [-0.4, -0.2) is 57.2 Å². The molecule has 1 fully saturated rings. The molecule has 144 valence electrons. The molecule has 1 heterocycles. The lowest BCUT2D eigenvalue weighted by atomic mass is 10.2. The van der Waals surface area contributed by atoms with E-state index in [1.807, 2.05) is 49.4 Å². The number of rotatable bonds is 7. The number of para-hydroxylation sites is 2. The first-order chi connectivity index (χ1) is 13.2. The Morgan fingerprint density at radius 3 is 2.22 bits per heavy atom. The number of hydrogen-bond acceptors (Lipinski definition) is 5. The van der Waals surface area contributed by atoms with E-state index in [0.29, 0.717) is 18.1 Å². The van der Waals surface area contributed by atoms with E-state index in [9.17, 15) is 4.79 Å². The van der Waals surface area contributed by atoms with Crippen molar-refractivity contribution < 1.29 is 14.3 Å². The van der Waals surface area contributed by atoms with Crippen molar-refractivity contribution in [1.82, 2.24) is 4.90 Å². The third kappa shape index (κ3) is 5.37. The van der Waals surface area contributed by atoms with Gasteiger partial charge in [-0.3, -0.25) is 4.79 Å². The third-order valence-corrected chi connectivity index (χ3v) is 4.53. The molecule has 1 amide bonds. The first-order valence-corrected chi connectivity index (χ1v) is 9.33. The average Bonchev–Trinajstić information content (AvgIpc) is 2.69. The zero-order chi connectivity index (χ0) is 19.1. The van der Waals surface area contributed by atoms with E-state index in [4.69, 9.17) is 9.47 Å². The zero-order valence-electron chi connectivity index (χ0n) is 16.0. The fourth-order valence-electron chi connectivity index (χ4n) is 3.00. The summed E-state index contributed by atoms with van der Waals surface area (Å²) in [5.74, 6) is 1.01. The highest BCUT2D eigenvalue weighted by molar-refractivity contribution is 5.92. The molecule has 0 aliphatic carbocycles. The SMILES string of the molecule is CCOc1ccccc1OCC(=O)Nc1ccc(N2CCN(C)CC2)cc1. The van der Waals surface area contributed by atoms with Gasteiger partial charge in [0.1, 0.15) is 0 Å². The summed E-state index contributed by atoms with van der Waals surface area (Å²) in [6, 6.07) is 15.3. The standard InChI is InChI=1S/C21H27N3O3/c1-3-26-19-6-4-5-7-20(19)27-16-21(25)22-17-8-10-18(11-9-17)24-14-12-23(2)13-15-24/h4-11H,3,12-16H2,1-2H3,(H,22,25). The maximum absolute atomic E-state index is 12.2. The van der Waals surface area contributed by atoms with Crippen molar-refractivity contribution in [2.45, 2.75) is 6.92 Å². The number of anilines is 2. The van der Waals surface area contributed by atoms with E-state index >= 15 is 0 Å². The highest BCUT2D eigenvalue weighted by atomic mass is 16.5. The second-order valence-corrected chi connectivity index (χ2v) is 6.55. The summed E-state index contributed by atoms with van der Waals surface area (Å²) in [4.78, 5) is 16.9. The number of nitrogens with one attached hydrogen (secondary N) is 1. The summed E-state index contributed by atoms with van der Waals surface area (Å²) >= 11 is 0. The molecule has 1 saturated heterocycles. The molecule has 6 nitrogen and oxygen atoms in total. The Morgan fingerprint density at radius 1 is 0.963 bits per heavy atom. The maximum Gasteiger partial charge on any atom is 0.262 e. The van der Waals surface area contributed by atoms with Crippen LogP contribution in [-0.2, 0) is 4.79 Å². The minimum Gasteiger partial charge on any atom is -0.490 e. The van der Waals surface area contributed by atoms with Crippen LogP contribution in [0.2, 0.25) is 0 Å². The van der Waals surface area contributed by atoms with Gasteiger partial charge in [-0.2, -0.15) is 0 Å². The Bertz CT molecular complexity index is 741. The maximum atomic E-state index is 12.2. The van der Waals surface area contributed by atoms with Crippen molar-refractivity contribution in [2.24, 2.45) is 0 Å². The third-order valence-electron chi connectivity index (χ3n) is 4.53. The fraction of sp³-hybridized carbons (Fsp3) is 0.381. The van der Waals surface area contributed by atoms with Crippen LogP contribution in [0.5, 0.6) is 11.5 Å². The highest BCUT2D eigenvalue weighted by Gasteiger charge is 2.14. The normalized spacial score (nSPS) is 14.7. The lowest BCUT2D eigenvalue weighted by Gasteiger charge is -2.34. The summed E-state index contributed by atoms with van der Waals surface area (Å²) in [5, 5.41) is 2.87. The van der Waals surface area contributed by atoms with Gasteiger partial charge in [-0.25, -0.2) is 0 Å². The second kappa shape index (κ2) is 9.28. The number of carbonyl (C=O) groups is 1. The number of hydrogen-bond donors (Lipinski definition) is 1. The first-order valence-electron chi connectivity index (χ1n) is 9.33. The van der Waals surface area contributed by atoms with E-state index < -0.39 is 0 Å². The molecule has 1 N–H and O–H groups in total. The quantitative estimate of drug-likeness (QED) is 0.813. The summed E-state index contributed by atoms with van der Waals surface area (Å²) in [6.07, 6.45) is 0. The van der Waals surface area contributed by atoms with Gasteiger partial charge in [-0.15, -0.1) is 0 Å². The van der Waals surface area contributed by atoms with E-state index in [-0.39, 0.29) is 12.5 Å². The smallest absolute Gasteiger partial charge is 0.262 e. The van der Waals surface area contributed by atoms with Gasteiger partial charge in [0.25, 0.3) is 5.91 Å². The van der Waals surface area contributed by atoms with Gasteiger partial charge >= 0.3 is 0 Å². The molecule has 1 aliphatic rings. The van der Waals surface area contributed by atoms with E-state index in [2.05, 4.69) is 22.2 Å². The predicted molar refractivity (Wildman–Crippen MR) is 108 cm³/mol. The van der Waals surface area contributed by atoms with Crippen molar-refractivity contribution in [3.05, 3.63) is 48.5 Å². The Balaban J connectivity index is 1.51. The Kier molecular flexibility index (Phi) is 6.54. The Morgan fingerprint density at radius 2 is 1.59 bits per heavy atom. The monoisotopic (exact) mass is 369 g/mol. The molecular weight excluding hydrogens is 342 g/mol. The van der Waals surface area contributed by atoms with Crippen LogP contribution in [0, 0.1) is 0 Å². The summed E-state index contributed by atoms with van der Waals surface area (Å²) in [7, 11) is 2.14. The van der Waals surface area contributed by atoms with E-state index in [1.54, 1.807) is 6.07 Å². The fourth-order valence-corrected chi connectivity index (χ4v) is 3.00. The molecular formula is C21H27N3O3. The van der Waals surface area contributed by atoms with E-state index in [0.717, 1.165) is 31.9 Å². The number of piperazine rings is 1. The average molecular weight is 369 g/mol. The predicted octanol–water partition coefficient (Wildman–Crippen LogP) is 2.85. The number of carbonyl (C=O) groups excluding carboxylic acids is 1. The van der Waals surface area contributed by atoms with Crippen LogP contribution >= 0.6 is 0 Å². The summed E-state index contributed by atoms with van der Waals surface area (Å²) in [6.45, 7) is 6.58. The van der Waals surface area contributed by atoms with Crippen LogP contribution in [0.25, 0.3) is 0 Å². The number of ether oxygens (including phenoxy) is 2. The second-order valence-electron chi connectivity index (χ2n) is 6.55. The molecule has 27 heavy (non-hydrogen) atoms. The minimum atomic E-state index is -0.200. The van der Waals surface area contributed by atoms with Crippen molar-refractivity contribution in [3.8, 4) is 11.5 Å². The number of likely N-dealkylation sites (N-methyl/N-ethyl adjacent to an activating group) is 1. The molecule has 6 heteroatoms. The van der Waals surface area contributed by atoms with Gasteiger partial charge in [0, 0.05) is 37.6 Å². The van der Waals surface area contributed by atoms with Crippen LogP contribution in [0.4, 0.5) is 11.4 Å². The van der Waals surface area contributed by atoms with Crippen LogP contribution in [0.3, 0.4) is 0 Å². The first kappa shape index (κ1) is 19.0. The Labute approximate surface area is 160 Å². The van der Waals surface area contributed by atoms with E-state index in [1.165, 1.54) is 5.69 Å². The molecule has 2 aromatic rings. The Hall–Kier alpha value is -2.73. The van der Waals surface area contributed by atoms with Gasteiger partial charge in [0.2, 0.25) is 0 Å². The molecule has 0 atom stereocenters. The molecule has 1 aliphatic heterocycles. The lowest BCUT2D eigenvalue weighted by Crippen LogP contribution is -2.44. The van der Waals surface area contributed by atoms with Crippen molar-refractivity contribution in [3.63, 3.8) is 0 Å². The van der Waals surface area contributed by atoms with Gasteiger partial charge < -0.3 is 24.6 Å². The molecule has 0 saturated carbocycles. The van der Waals surface area contributed by atoms with Crippen molar-refractivity contribution in [2.75, 3.05) is 56.7 Å². The molecule has 0 unspecified atom stereocenters. The molecule has 2 aromatic carbocycles. The lowest BCUT2D eigenvalue weighted by molar-refractivity contribution is -0.118. The number of amides is 1. The minimum absolute atomic E-state index is 0.0652. The highest BCUT2D eigenvalue weighted by Crippen LogP contribution is 2.26. The number of benzene rings is 2. The summed E-state index contributed by atoms with van der Waals surface area (Å²) in [5.41, 5.74) is 1.95. The van der Waals surface area contributed by atoms with Crippen LogP contribution < -0.4 is 19.7 Å².